The Kier molecular flexibility index (Phi) is 2.59. The highest BCUT2D eigenvalue weighted by molar-refractivity contribution is 5.93. The molecule has 0 aliphatic carbocycles. The molecule has 0 saturated carbocycles. The average Bonchev–Trinajstić information content (AvgIpc) is 2.08. The second kappa shape index (κ2) is 3.66. The standard InChI is InChI=1S/C8H9N3O2/c1-11-3-2-6(8(9)12)4-7(11)5-10-13/h2-5H,1H3,(H2,9,12)/p+1. The lowest BCUT2D eigenvalue weighted by molar-refractivity contribution is -0.672. The molecule has 5 nitrogen and oxygen atoms in total. The third-order valence-corrected chi connectivity index (χ3v) is 1.66. The van der Waals surface area contributed by atoms with Gasteiger partial charge >= 0.3 is 0 Å². The predicted molar refractivity (Wildman–Crippen MR) is 45.5 cm³/mol. The van der Waals surface area contributed by atoms with Crippen LogP contribution in [0.3, 0.4) is 0 Å². The van der Waals surface area contributed by atoms with Gasteiger partial charge in [0, 0.05) is 12.1 Å². The topological polar surface area (TPSA) is 79.6 Å². The zero-order chi connectivity index (χ0) is 9.84. The third kappa shape index (κ3) is 2.02. The van der Waals surface area contributed by atoms with Crippen molar-refractivity contribution < 1.29 is 14.6 Å². The fourth-order valence-corrected chi connectivity index (χ4v) is 0.928. The number of nitrogens with two attached hydrogens (primary N) is 1. The van der Waals surface area contributed by atoms with Crippen molar-refractivity contribution in [1.29, 1.82) is 0 Å². The van der Waals surface area contributed by atoms with Gasteiger partial charge in [0.05, 0.1) is 5.56 Å². The lowest BCUT2D eigenvalue weighted by Crippen LogP contribution is -2.33. The largest absolute Gasteiger partial charge is 0.411 e. The molecule has 13 heavy (non-hydrogen) atoms. The van der Waals surface area contributed by atoms with E-state index in [1.54, 1.807) is 29.9 Å². The molecular formula is C8H10N3O2+. The van der Waals surface area contributed by atoms with Gasteiger partial charge in [0.2, 0.25) is 11.6 Å². The summed E-state index contributed by atoms with van der Waals surface area (Å²) < 4.78 is 1.70. The molecule has 0 bridgehead atoms. The normalized spacial score (nSPS) is 10.5. The molecule has 0 aliphatic rings. The van der Waals surface area contributed by atoms with Crippen molar-refractivity contribution in [1.82, 2.24) is 0 Å². The Morgan fingerprint density at radius 3 is 3.00 bits per heavy atom. The Morgan fingerprint density at radius 2 is 2.46 bits per heavy atom. The van der Waals surface area contributed by atoms with Crippen LogP contribution in [0.25, 0.3) is 0 Å². The van der Waals surface area contributed by atoms with Crippen LogP contribution in [0.5, 0.6) is 0 Å². The van der Waals surface area contributed by atoms with E-state index < -0.39 is 5.91 Å². The lowest BCUT2D eigenvalue weighted by atomic mass is 10.2. The van der Waals surface area contributed by atoms with Gasteiger partial charge in [-0.3, -0.25) is 4.79 Å². The average molecular weight is 180 g/mol. The highest BCUT2D eigenvalue weighted by Crippen LogP contribution is 1.96. The molecule has 0 unspecified atom stereocenters. The zero-order valence-electron chi connectivity index (χ0n) is 7.14. The van der Waals surface area contributed by atoms with Crippen LogP contribution in [0.1, 0.15) is 16.1 Å². The van der Waals surface area contributed by atoms with Crippen LogP contribution in [-0.4, -0.2) is 17.3 Å². The van der Waals surface area contributed by atoms with Gasteiger partial charge in [-0.05, 0) is 0 Å². The number of rotatable bonds is 2. The summed E-state index contributed by atoms with van der Waals surface area (Å²) in [7, 11) is 1.77. The molecule has 0 saturated heterocycles. The zero-order valence-corrected chi connectivity index (χ0v) is 7.14. The number of primary amides is 1. The van der Waals surface area contributed by atoms with Crippen LogP contribution in [-0.2, 0) is 7.05 Å². The van der Waals surface area contributed by atoms with Gasteiger partial charge in [-0.25, -0.2) is 4.57 Å². The van der Waals surface area contributed by atoms with E-state index >= 15 is 0 Å². The first kappa shape index (κ1) is 9.18. The van der Waals surface area contributed by atoms with Crippen molar-refractivity contribution in [2.45, 2.75) is 0 Å². The fraction of sp³-hybridized carbons (Fsp3) is 0.125. The predicted octanol–water partition coefficient (Wildman–Crippen LogP) is -0.582. The maximum absolute atomic E-state index is 10.8. The van der Waals surface area contributed by atoms with Crippen molar-refractivity contribution in [3.8, 4) is 0 Å². The first-order valence-corrected chi connectivity index (χ1v) is 3.62. The number of nitrogens with zero attached hydrogens (tertiary/aromatic N) is 2. The summed E-state index contributed by atoms with van der Waals surface area (Å²) in [5.74, 6) is -0.506. The van der Waals surface area contributed by atoms with E-state index in [0.29, 0.717) is 11.3 Å². The summed E-state index contributed by atoms with van der Waals surface area (Å²) in [5, 5.41) is 11.2. The highest BCUT2D eigenvalue weighted by atomic mass is 16.4. The Bertz CT molecular complexity index is 360. The number of aryl methyl sites for hydroxylation is 1. The maximum Gasteiger partial charge on any atom is 0.249 e. The van der Waals surface area contributed by atoms with Gasteiger partial charge in [-0.2, -0.15) is 0 Å². The number of oxime groups is 1. The summed E-state index contributed by atoms with van der Waals surface area (Å²) in [6.07, 6.45) is 2.89. The van der Waals surface area contributed by atoms with Crippen LogP contribution in [0.2, 0.25) is 0 Å². The minimum atomic E-state index is -0.506. The van der Waals surface area contributed by atoms with Crippen molar-refractivity contribution in [3.05, 3.63) is 29.6 Å². The summed E-state index contributed by atoms with van der Waals surface area (Å²) in [6.45, 7) is 0. The van der Waals surface area contributed by atoms with Crippen LogP contribution in [0, 0.1) is 0 Å². The van der Waals surface area contributed by atoms with E-state index in [2.05, 4.69) is 5.16 Å². The van der Waals surface area contributed by atoms with Crippen molar-refractivity contribution in [2.75, 3.05) is 0 Å². The van der Waals surface area contributed by atoms with E-state index in [9.17, 15) is 4.79 Å². The van der Waals surface area contributed by atoms with E-state index in [1.807, 2.05) is 0 Å². The minimum absolute atomic E-state index is 0.382. The highest BCUT2D eigenvalue weighted by Gasteiger charge is 2.08. The second-order valence-corrected chi connectivity index (χ2v) is 2.56. The summed E-state index contributed by atoms with van der Waals surface area (Å²) in [5.41, 5.74) is 6.05. The van der Waals surface area contributed by atoms with E-state index in [0.717, 1.165) is 0 Å². The van der Waals surface area contributed by atoms with Gasteiger partial charge in [-0.1, -0.05) is 5.16 Å². The van der Waals surface area contributed by atoms with Crippen LogP contribution >= 0.6 is 0 Å². The number of carbonyl (C=O) groups excluding carboxylic acids is 1. The van der Waals surface area contributed by atoms with Crippen LogP contribution in [0.4, 0.5) is 0 Å². The number of pyridine rings is 1. The van der Waals surface area contributed by atoms with Gasteiger partial charge in [0.25, 0.3) is 0 Å². The van der Waals surface area contributed by atoms with Crippen molar-refractivity contribution >= 4 is 12.1 Å². The number of carbonyl (C=O) groups is 1. The van der Waals surface area contributed by atoms with Gasteiger partial charge < -0.3 is 10.9 Å². The Hall–Kier alpha value is -1.91. The molecule has 0 aromatic carbocycles. The molecule has 1 aromatic rings. The monoisotopic (exact) mass is 180 g/mol. The minimum Gasteiger partial charge on any atom is -0.411 e. The fourth-order valence-electron chi connectivity index (χ4n) is 0.928. The second-order valence-electron chi connectivity index (χ2n) is 2.56. The van der Waals surface area contributed by atoms with Crippen LogP contribution in [0.15, 0.2) is 23.5 Å². The summed E-state index contributed by atoms with van der Waals surface area (Å²) >= 11 is 0. The SMILES string of the molecule is C[n+]1ccc(C(N)=O)cc1/C=N\O. The van der Waals surface area contributed by atoms with Crippen LogP contribution < -0.4 is 10.3 Å². The smallest absolute Gasteiger partial charge is 0.249 e. The molecular weight excluding hydrogens is 170 g/mol. The molecule has 0 fully saturated rings. The first-order chi connectivity index (χ1) is 6.15. The Labute approximate surface area is 75.1 Å². The maximum atomic E-state index is 10.8. The molecule has 68 valence electrons. The number of aromatic nitrogens is 1. The molecule has 5 heteroatoms. The molecule has 1 heterocycles. The first-order valence-electron chi connectivity index (χ1n) is 3.62. The van der Waals surface area contributed by atoms with Gasteiger partial charge in [0.15, 0.2) is 6.20 Å². The molecule has 1 amide bonds. The summed E-state index contributed by atoms with van der Waals surface area (Å²) in [6, 6.07) is 3.14. The Balaban J connectivity index is 3.18. The molecule has 3 N–H and O–H groups in total. The number of hydrogen-bond acceptors (Lipinski definition) is 3. The third-order valence-electron chi connectivity index (χ3n) is 1.66. The molecule has 0 atom stereocenters. The van der Waals surface area contributed by atoms with Crippen molar-refractivity contribution in [2.24, 2.45) is 17.9 Å². The van der Waals surface area contributed by atoms with E-state index in [1.165, 1.54) is 6.21 Å². The van der Waals surface area contributed by atoms with Gasteiger partial charge in [-0.15, -0.1) is 0 Å². The molecule has 0 radical (unpaired) electrons. The molecule has 0 spiro atoms. The van der Waals surface area contributed by atoms with Crippen molar-refractivity contribution in [3.63, 3.8) is 0 Å². The quantitative estimate of drug-likeness (QED) is 0.276. The summed E-state index contributed by atoms with van der Waals surface area (Å²) in [4.78, 5) is 10.8. The number of amides is 1. The molecule has 1 aromatic heterocycles. The van der Waals surface area contributed by atoms with Gasteiger partial charge in [0.1, 0.15) is 13.3 Å². The van der Waals surface area contributed by atoms with E-state index in [-0.39, 0.29) is 0 Å². The number of hydrogen-bond donors (Lipinski definition) is 2. The molecule has 0 aliphatic heterocycles. The molecule has 1 rings (SSSR count). The Morgan fingerprint density at radius 1 is 1.77 bits per heavy atom. The van der Waals surface area contributed by atoms with E-state index in [4.69, 9.17) is 10.9 Å². The lowest BCUT2D eigenvalue weighted by Gasteiger charge is -1.95.